The lowest BCUT2D eigenvalue weighted by Crippen LogP contribution is -1.98. The lowest BCUT2D eigenvalue weighted by atomic mass is 10.3. The van der Waals surface area contributed by atoms with Crippen LogP contribution in [0, 0.1) is 0 Å². The van der Waals surface area contributed by atoms with Crippen LogP contribution in [0.25, 0.3) is 11.0 Å². The third kappa shape index (κ3) is 1.19. The van der Waals surface area contributed by atoms with Gasteiger partial charge in [-0.2, -0.15) is 0 Å². The van der Waals surface area contributed by atoms with Crippen LogP contribution in [0.4, 0.5) is 0 Å². The maximum Gasteiger partial charge on any atom is 0.122 e. The van der Waals surface area contributed by atoms with Gasteiger partial charge in [-0.25, -0.2) is 10.3 Å². The van der Waals surface area contributed by atoms with Crippen molar-refractivity contribution in [3.05, 3.63) is 30.1 Å². The van der Waals surface area contributed by atoms with E-state index in [2.05, 4.69) is 15.3 Å². The van der Waals surface area contributed by atoms with E-state index in [9.17, 15) is 0 Å². The lowest BCUT2D eigenvalue weighted by molar-refractivity contribution is 0.760. The Kier molecular flexibility index (Phi) is 1.80. The molecule has 0 fully saturated rings. The van der Waals surface area contributed by atoms with E-state index < -0.39 is 0 Å². The van der Waals surface area contributed by atoms with E-state index >= 15 is 0 Å². The number of H-pyrrole nitrogens is 1. The molecule has 0 amide bonds. The molecule has 0 aliphatic rings. The minimum Gasteiger partial charge on any atom is -0.341 e. The van der Waals surface area contributed by atoms with E-state index in [0.29, 0.717) is 6.54 Å². The van der Waals surface area contributed by atoms with Crippen LogP contribution in [0.5, 0.6) is 0 Å². The summed E-state index contributed by atoms with van der Waals surface area (Å²) in [5, 5.41) is 4.01. The maximum atomic E-state index is 4.35. The molecule has 0 unspecified atom stereocenters. The second-order valence-corrected chi connectivity index (χ2v) is 2.67. The average Bonchev–Trinajstić information content (AvgIpc) is 2.47. The topological polar surface area (TPSA) is 42.8 Å². The standard InChI is InChI=1S/C9H10N3/c1-10-6-9-11-7-4-2-3-5-8(7)12-9/h2-5H,6H2,1H3,(H,11,12). The van der Waals surface area contributed by atoms with Gasteiger partial charge in [-0.3, -0.25) is 0 Å². The Hall–Kier alpha value is -1.35. The fourth-order valence-corrected chi connectivity index (χ4v) is 1.23. The molecule has 0 saturated carbocycles. The van der Waals surface area contributed by atoms with Gasteiger partial charge in [0.25, 0.3) is 0 Å². The predicted octanol–water partition coefficient (Wildman–Crippen LogP) is 1.30. The molecule has 3 heteroatoms. The molecule has 0 bridgehead atoms. The summed E-state index contributed by atoms with van der Waals surface area (Å²) in [5.41, 5.74) is 2.09. The average molecular weight is 160 g/mol. The molecule has 0 aliphatic heterocycles. The Morgan fingerprint density at radius 3 is 3.00 bits per heavy atom. The molecule has 0 aliphatic carbocycles. The summed E-state index contributed by atoms with van der Waals surface area (Å²) in [6.45, 7) is 0.661. The van der Waals surface area contributed by atoms with Crippen molar-refractivity contribution in [2.24, 2.45) is 0 Å². The quantitative estimate of drug-likeness (QED) is 0.706. The monoisotopic (exact) mass is 160 g/mol. The molecule has 1 radical (unpaired) electrons. The second kappa shape index (κ2) is 2.95. The third-order valence-corrected chi connectivity index (χ3v) is 1.75. The van der Waals surface area contributed by atoms with E-state index in [1.807, 2.05) is 24.3 Å². The summed E-state index contributed by atoms with van der Waals surface area (Å²) >= 11 is 0. The third-order valence-electron chi connectivity index (χ3n) is 1.75. The molecular formula is C9H10N3. The molecular weight excluding hydrogens is 150 g/mol. The van der Waals surface area contributed by atoms with Crippen LogP contribution in [-0.2, 0) is 6.54 Å². The van der Waals surface area contributed by atoms with Crippen molar-refractivity contribution in [3.63, 3.8) is 0 Å². The van der Waals surface area contributed by atoms with Gasteiger partial charge in [0.15, 0.2) is 0 Å². The Labute approximate surface area is 70.8 Å². The highest BCUT2D eigenvalue weighted by molar-refractivity contribution is 5.74. The van der Waals surface area contributed by atoms with Gasteiger partial charge in [-0.1, -0.05) is 12.1 Å². The van der Waals surface area contributed by atoms with E-state index in [1.165, 1.54) is 0 Å². The Bertz CT molecular complexity index is 345. The molecule has 61 valence electrons. The molecule has 12 heavy (non-hydrogen) atoms. The fraction of sp³-hybridized carbons (Fsp3) is 0.222. The molecule has 1 heterocycles. The molecule has 0 saturated heterocycles. The van der Waals surface area contributed by atoms with E-state index in [0.717, 1.165) is 16.9 Å². The zero-order valence-corrected chi connectivity index (χ0v) is 6.91. The smallest absolute Gasteiger partial charge is 0.122 e. The van der Waals surface area contributed by atoms with Crippen molar-refractivity contribution in [1.82, 2.24) is 15.3 Å². The summed E-state index contributed by atoms with van der Waals surface area (Å²) < 4.78 is 0. The Morgan fingerprint density at radius 2 is 2.25 bits per heavy atom. The molecule has 1 aromatic carbocycles. The number of nitrogens with zero attached hydrogens (tertiary/aromatic N) is 2. The molecule has 1 N–H and O–H groups in total. The normalized spacial score (nSPS) is 10.8. The number of aromatic amines is 1. The highest BCUT2D eigenvalue weighted by Gasteiger charge is 1.99. The van der Waals surface area contributed by atoms with Gasteiger partial charge in [0.05, 0.1) is 17.6 Å². The number of imidazole rings is 1. The zero-order chi connectivity index (χ0) is 8.39. The summed E-state index contributed by atoms with van der Waals surface area (Å²) in [7, 11) is 1.78. The van der Waals surface area contributed by atoms with Gasteiger partial charge in [0.2, 0.25) is 0 Å². The molecule has 3 nitrogen and oxygen atoms in total. The summed E-state index contributed by atoms with van der Waals surface area (Å²) in [6, 6.07) is 7.98. The molecule has 2 aromatic rings. The van der Waals surface area contributed by atoms with Crippen molar-refractivity contribution in [3.8, 4) is 0 Å². The van der Waals surface area contributed by atoms with E-state index in [-0.39, 0.29) is 0 Å². The predicted molar refractivity (Wildman–Crippen MR) is 47.9 cm³/mol. The number of benzene rings is 1. The van der Waals surface area contributed by atoms with Crippen LogP contribution < -0.4 is 5.32 Å². The second-order valence-electron chi connectivity index (χ2n) is 2.67. The van der Waals surface area contributed by atoms with Gasteiger partial charge in [-0.15, -0.1) is 0 Å². The van der Waals surface area contributed by atoms with Crippen molar-refractivity contribution in [2.45, 2.75) is 6.54 Å². The zero-order valence-electron chi connectivity index (χ0n) is 6.91. The Balaban J connectivity index is 2.47. The number of hydrogen-bond donors (Lipinski definition) is 1. The molecule has 0 atom stereocenters. The van der Waals surface area contributed by atoms with Gasteiger partial charge >= 0.3 is 0 Å². The highest BCUT2D eigenvalue weighted by Crippen LogP contribution is 2.09. The SMILES string of the molecule is C[N]Cc1nc2ccccc2[nH]1. The first-order chi connectivity index (χ1) is 5.90. The summed E-state index contributed by atoms with van der Waals surface area (Å²) in [6.07, 6.45) is 0. The van der Waals surface area contributed by atoms with E-state index in [4.69, 9.17) is 0 Å². The van der Waals surface area contributed by atoms with Crippen molar-refractivity contribution in [1.29, 1.82) is 0 Å². The summed E-state index contributed by atoms with van der Waals surface area (Å²) in [5.74, 6) is 0.929. The van der Waals surface area contributed by atoms with Crippen LogP contribution in [0.1, 0.15) is 5.82 Å². The van der Waals surface area contributed by atoms with Gasteiger partial charge in [-0.05, 0) is 12.1 Å². The Morgan fingerprint density at radius 1 is 1.42 bits per heavy atom. The van der Waals surface area contributed by atoms with Gasteiger partial charge in [0, 0.05) is 7.05 Å². The number of rotatable bonds is 2. The van der Waals surface area contributed by atoms with Crippen LogP contribution in [0.2, 0.25) is 0 Å². The van der Waals surface area contributed by atoms with E-state index in [1.54, 1.807) is 7.05 Å². The fourth-order valence-electron chi connectivity index (χ4n) is 1.23. The molecule has 2 rings (SSSR count). The number of nitrogens with one attached hydrogen (secondary N) is 1. The maximum absolute atomic E-state index is 4.35. The first-order valence-electron chi connectivity index (χ1n) is 3.89. The number of fused-ring (bicyclic) bond motifs is 1. The van der Waals surface area contributed by atoms with Crippen LogP contribution in [-0.4, -0.2) is 17.0 Å². The largest absolute Gasteiger partial charge is 0.341 e. The first kappa shape index (κ1) is 7.31. The summed E-state index contributed by atoms with van der Waals surface area (Å²) in [4.78, 5) is 7.54. The van der Waals surface area contributed by atoms with Crippen molar-refractivity contribution < 1.29 is 0 Å². The first-order valence-corrected chi connectivity index (χ1v) is 3.89. The van der Waals surface area contributed by atoms with Crippen LogP contribution in [0.3, 0.4) is 0 Å². The van der Waals surface area contributed by atoms with Gasteiger partial charge in [0.1, 0.15) is 5.82 Å². The van der Waals surface area contributed by atoms with Crippen LogP contribution in [0.15, 0.2) is 24.3 Å². The highest BCUT2D eigenvalue weighted by atomic mass is 15.0. The van der Waals surface area contributed by atoms with Crippen molar-refractivity contribution in [2.75, 3.05) is 7.05 Å². The molecule has 0 spiro atoms. The van der Waals surface area contributed by atoms with Crippen molar-refractivity contribution >= 4 is 11.0 Å². The molecule has 1 aromatic heterocycles. The lowest BCUT2D eigenvalue weighted by Gasteiger charge is -1.87. The van der Waals surface area contributed by atoms with Crippen LogP contribution >= 0.6 is 0 Å². The number of aromatic nitrogens is 2. The minimum atomic E-state index is 0.661. The number of para-hydroxylation sites is 2. The minimum absolute atomic E-state index is 0.661. The van der Waals surface area contributed by atoms with Gasteiger partial charge < -0.3 is 4.98 Å². The number of hydrogen-bond acceptors (Lipinski definition) is 1.